The number of nitrogens with zero attached hydrogens (tertiary/aromatic N) is 2. The normalized spacial score (nSPS) is 20.0. The molecule has 2 aliphatic rings. The molecular weight excluding hydrogens is 455 g/mol. The van der Waals surface area contributed by atoms with Gasteiger partial charge in [0.05, 0.1) is 11.5 Å². The summed E-state index contributed by atoms with van der Waals surface area (Å²) in [6, 6.07) is 0. The van der Waals surface area contributed by atoms with Crippen molar-refractivity contribution in [3.8, 4) is 0 Å². The SMILES string of the molecule is CN=C(NCCCOC1CCCCC1)NCC1(C(=O)N(C)C)CCCC1.I. The molecule has 6 nitrogen and oxygen atoms in total. The number of nitrogens with one attached hydrogen (secondary N) is 2. The lowest BCUT2D eigenvalue weighted by molar-refractivity contribution is -0.138. The van der Waals surface area contributed by atoms with Gasteiger partial charge in [0, 0.05) is 40.8 Å². The van der Waals surface area contributed by atoms with Gasteiger partial charge in [-0.3, -0.25) is 9.79 Å². The Bertz CT molecular complexity index is 459. The summed E-state index contributed by atoms with van der Waals surface area (Å²) in [6.45, 7) is 2.29. The van der Waals surface area contributed by atoms with Crippen LogP contribution in [0.1, 0.15) is 64.2 Å². The second-order valence-electron chi connectivity index (χ2n) is 8.02. The van der Waals surface area contributed by atoms with Crippen LogP contribution < -0.4 is 10.6 Å². The molecular formula is C20H39IN4O2. The van der Waals surface area contributed by atoms with Gasteiger partial charge in [-0.1, -0.05) is 32.1 Å². The molecule has 0 unspecified atom stereocenters. The molecule has 2 fully saturated rings. The molecule has 0 spiro atoms. The van der Waals surface area contributed by atoms with Crippen LogP contribution in [-0.2, 0) is 9.53 Å². The van der Waals surface area contributed by atoms with Gasteiger partial charge in [-0.2, -0.15) is 0 Å². The average Bonchev–Trinajstić information content (AvgIpc) is 3.14. The number of carbonyl (C=O) groups is 1. The fourth-order valence-corrected chi connectivity index (χ4v) is 4.23. The molecule has 2 N–H and O–H groups in total. The Morgan fingerprint density at radius 3 is 2.37 bits per heavy atom. The van der Waals surface area contributed by atoms with Crippen LogP contribution in [0.2, 0.25) is 0 Å². The Morgan fingerprint density at radius 1 is 1.11 bits per heavy atom. The molecule has 0 aromatic heterocycles. The Hall–Kier alpha value is -0.570. The first-order valence-electron chi connectivity index (χ1n) is 10.4. The van der Waals surface area contributed by atoms with E-state index >= 15 is 0 Å². The van der Waals surface area contributed by atoms with Gasteiger partial charge in [0.1, 0.15) is 0 Å². The Labute approximate surface area is 182 Å². The fourth-order valence-electron chi connectivity index (χ4n) is 4.23. The minimum Gasteiger partial charge on any atom is -0.378 e. The minimum absolute atomic E-state index is 0. The maximum Gasteiger partial charge on any atom is 0.230 e. The van der Waals surface area contributed by atoms with Crippen LogP contribution in [0.4, 0.5) is 0 Å². The molecule has 2 saturated carbocycles. The maximum absolute atomic E-state index is 12.6. The van der Waals surface area contributed by atoms with Crippen molar-refractivity contribution in [1.82, 2.24) is 15.5 Å². The van der Waals surface area contributed by atoms with E-state index in [0.29, 0.717) is 12.6 Å². The summed E-state index contributed by atoms with van der Waals surface area (Å²) >= 11 is 0. The van der Waals surface area contributed by atoms with E-state index in [1.54, 1.807) is 11.9 Å². The summed E-state index contributed by atoms with van der Waals surface area (Å²) in [5, 5.41) is 6.73. The quantitative estimate of drug-likeness (QED) is 0.236. The van der Waals surface area contributed by atoms with Crippen molar-refractivity contribution >= 4 is 35.8 Å². The molecule has 27 heavy (non-hydrogen) atoms. The lowest BCUT2D eigenvalue weighted by atomic mass is 9.84. The fraction of sp³-hybridized carbons (Fsp3) is 0.900. The Balaban J connectivity index is 0.00000364. The summed E-state index contributed by atoms with van der Waals surface area (Å²) in [5.74, 6) is 1.01. The van der Waals surface area contributed by atoms with Crippen molar-refractivity contribution in [1.29, 1.82) is 0 Å². The highest BCUT2D eigenvalue weighted by atomic mass is 127. The number of guanidine groups is 1. The third kappa shape index (κ3) is 7.75. The number of ether oxygens (including phenoxy) is 1. The number of carbonyl (C=O) groups excluding carboxylic acids is 1. The molecule has 0 aliphatic heterocycles. The molecule has 0 radical (unpaired) electrons. The topological polar surface area (TPSA) is 66.0 Å². The minimum atomic E-state index is -0.273. The van der Waals surface area contributed by atoms with Crippen molar-refractivity contribution in [3.05, 3.63) is 0 Å². The molecule has 0 bridgehead atoms. The van der Waals surface area contributed by atoms with Gasteiger partial charge >= 0.3 is 0 Å². The van der Waals surface area contributed by atoms with Gasteiger partial charge in [-0.15, -0.1) is 24.0 Å². The predicted octanol–water partition coefficient (Wildman–Crippen LogP) is 3.16. The highest BCUT2D eigenvalue weighted by Gasteiger charge is 2.42. The zero-order valence-corrected chi connectivity index (χ0v) is 19.7. The van der Waals surface area contributed by atoms with Gasteiger partial charge < -0.3 is 20.3 Å². The van der Waals surface area contributed by atoms with Crippen LogP contribution in [-0.4, -0.2) is 63.7 Å². The van der Waals surface area contributed by atoms with E-state index in [-0.39, 0.29) is 35.3 Å². The monoisotopic (exact) mass is 494 g/mol. The van der Waals surface area contributed by atoms with E-state index in [1.807, 2.05) is 14.1 Å². The van der Waals surface area contributed by atoms with E-state index in [9.17, 15) is 4.79 Å². The van der Waals surface area contributed by atoms with Gasteiger partial charge in [0.15, 0.2) is 5.96 Å². The summed E-state index contributed by atoms with van der Waals surface area (Å²) in [4.78, 5) is 18.7. The zero-order valence-electron chi connectivity index (χ0n) is 17.4. The van der Waals surface area contributed by atoms with Crippen LogP contribution in [0.15, 0.2) is 4.99 Å². The van der Waals surface area contributed by atoms with E-state index in [0.717, 1.165) is 51.2 Å². The largest absolute Gasteiger partial charge is 0.378 e. The molecule has 2 aliphatic carbocycles. The van der Waals surface area contributed by atoms with E-state index in [4.69, 9.17) is 4.74 Å². The van der Waals surface area contributed by atoms with Crippen LogP contribution in [0.3, 0.4) is 0 Å². The lowest BCUT2D eigenvalue weighted by Crippen LogP contribution is -2.49. The molecule has 1 amide bonds. The van der Waals surface area contributed by atoms with E-state index in [2.05, 4.69) is 15.6 Å². The second kappa shape index (κ2) is 12.8. The number of amides is 1. The van der Waals surface area contributed by atoms with Crippen molar-refractivity contribution in [2.75, 3.05) is 40.8 Å². The van der Waals surface area contributed by atoms with Crippen molar-refractivity contribution in [3.63, 3.8) is 0 Å². The predicted molar refractivity (Wildman–Crippen MR) is 122 cm³/mol. The van der Waals surface area contributed by atoms with Gasteiger partial charge in [0.25, 0.3) is 0 Å². The van der Waals surface area contributed by atoms with Crippen molar-refractivity contribution in [2.45, 2.75) is 70.3 Å². The zero-order chi connectivity index (χ0) is 18.8. The number of aliphatic imine (C=N–C) groups is 1. The second-order valence-corrected chi connectivity index (χ2v) is 8.02. The maximum atomic E-state index is 12.6. The molecule has 0 aromatic carbocycles. The molecule has 0 atom stereocenters. The molecule has 0 aromatic rings. The average molecular weight is 494 g/mol. The number of hydrogen-bond donors (Lipinski definition) is 2. The summed E-state index contributed by atoms with van der Waals surface area (Å²) in [6.07, 6.45) is 12.1. The standard InChI is InChI=1S/C20H38N4O2.HI/c1-21-19(22-14-9-15-26-17-10-5-4-6-11-17)23-16-20(12-7-8-13-20)18(25)24(2)3;/h17H,4-16H2,1-3H3,(H2,21,22,23);1H. The Kier molecular flexibility index (Phi) is 11.6. The van der Waals surface area contributed by atoms with Crippen LogP contribution in [0.25, 0.3) is 0 Å². The highest BCUT2D eigenvalue weighted by molar-refractivity contribution is 14.0. The third-order valence-corrected chi connectivity index (χ3v) is 5.76. The van der Waals surface area contributed by atoms with Crippen LogP contribution >= 0.6 is 24.0 Å². The van der Waals surface area contributed by atoms with E-state index in [1.165, 1.54) is 32.1 Å². The number of rotatable bonds is 8. The molecule has 158 valence electrons. The summed E-state index contributed by atoms with van der Waals surface area (Å²) in [7, 11) is 5.48. The van der Waals surface area contributed by atoms with Gasteiger partial charge in [-0.25, -0.2) is 0 Å². The Morgan fingerprint density at radius 2 is 1.78 bits per heavy atom. The molecule has 2 rings (SSSR count). The first-order valence-corrected chi connectivity index (χ1v) is 10.4. The first kappa shape index (κ1) is 24.5. The van der Waals surface area contributed by atoms with Crippen molar-refractivity contribution < 1.29 is 9.53 Å². The first-order chi connectivity index (χ1) is 12.6. The molecule has 0 saturated heterocycles. The van der Waals surface area contributed by atoms with Crippen LogP contribution in [0.5, 0.6) is 0 Å². The number of hydrogen-bond acceptors (Lipinski definition) is 3. The highest BCUT2D eigenvalue weighted by Crippen LogP contribution is 2.38. The van der Waals surface area contributed by atoms with E-state index < -0.39 is 0 Å². The number of halogens is 1. The van der Waals surface area contributed by atoms with Gasteiger partial charge in [0.2, 0.25) is 5.91 Å². The third-order valence-electron chi connectivity index (χ3n) is 5.76. The smallest absolute Gasteiger partial charge is 0.230 e. The summed E-state index contributed by atoms with van der Waals surface area (Å²) in [5.41, 5.74) is -0.273. The molecule has 7 heteroatoms. The summed E-state index contributed by atoms with van der Waals surface area (Å²) < 4.78 is 5.96. The molecule has 0 heterocycles. The van der Waals surface area contributed by atoms with Crippen molar-refractivity contribution in [2.24, 2.45) is 10.4 Å². The van der Waals surface area contributed by atoms with Crippen LogP contribution in [0, 0.1) is 5.41 Å². The lowest BCUT2D eigenvalue weighted by Gasteiger charge is -2.31. The van der Waals surface area contributed by atoms with Gasteiger partial charge in [-0.05, 0) is 32.1 Å².